The third-order valence-corrected chi connectivity index (χ3v) is 21.5. The Hall–Kier alpha value is -6.40. The van der Waals surface area contributed by atoms with Gasteiger partial charge >= 0.3 is 11.9 Å². The van der Waals surface area contributed by atoms with E-state index in [2.05, 4.69) is 20.4 Å². The second-order valence-corrected chi connectivity index (χ2v) is 27.2. The fourth-order valence-corrected chi connectivity index (χ4v) is 16.9. The van der Waals surface area contributed by atoms with Gasteiger partial charge in [-0.25, -0.2) is 9.59 Å². The van der Waals surface area contributed by atoms with Crippen LogP contribution in [-0.4, -0.2) is 202 Å². The van der Waals surface area contributed by atoms with Crippen molar-refractivity contribution in [2.45, 2.75) is 188 Å². The van der Waals surface area contributed by atoms with Crippen molar-refractivity contribution in [1.29, 1.82) is 0 Å². The number of phenols is 2. The van der Waals surface area contributed by atoms with Gasteiger partial charge in [0.15, 0.2) is 46.8 Å². The maximum Gasteiger partial charge on any atom is 0.332 e. The molecule has 0 unspecified atom stereocenters. The molecule has 10 aliphatic rings. The molecule has 4 amide bonds. The van der Waals surface area contributed by atoms with Gasteiger partial charge in [-0.05, 0) is 140 Å². The molecule has 6 aliphatic carbocycles. The van der Waals surface area contributed by atoms with Gasteiger partial charge in [0, 0.05) is 102 Å². The molecule has 87 heavy (non-hydrogen) atoms. The van der Waals surface area contributed by atoms with Gasteiger partial charge in [-0.15, -0.1) is 0 Å². The van der Waals surface area contributed by atoms with Crippen LogP contribution in [0, 0.1) is 11.8 Å². The zero-order valence-electron chi connectivity index (χ0n) is 50.7. The minimum Gasteiger partial charge on any atom is -0.504 e. The Kier molecular flexibility index (Phi) is 16.0. The molecule has 8 atom stereocenters. The number of nitrogens with zero attached hydrogens (tertiary/aromatic N) is 4. The highest BCUT2D eigenvalue weighted by Crippen LogP contribution is 2.68. The van der Waals surface area contributed by atoms with Crippen molar-refractivity contribution in [3.63, 3.8) is 0 Å². The number of likely N-dealkylation sites (tertiary alicyclic amines) is 2. The van der Waals surface area contributed by atoms with Gasteiger partial charge in [0.1, 0.15) is 22.3 Å². The second-order valence-electron chi connectivity index (χ2n) is 27.2. The molecule has 8 N–H and O–H groups in total. The Balaban J connectivity index is 0.602. The number of nitrogens with two attached hydrogens (primary N) is 2. The maximum absolute atomic E-state index is 14.9. The lowest BCUT2D eigenvalue weighted by molar-refractivity contribution is -0.223. The van der Waals surface area contributed by atoms with Crippen LogP contribution in [0.15, 0.2) is 24.3 Å². The second kappa shape index (κ2) is 22.9. The Morgan fingerprint density at radius 2 is 1.02 bits per heavy atom. The number of hydrogen-bond donors (Lipinski definition) is 6. The minimum atomic E-state index is -1.53. The molecular formula is C64H86N8O15. The first-order valence-corrected chi connectivity index (χ1v) is 31.7. The van der Waals surface area contributed by atoms with Crippen LogP contribution in [0.3, 0.4) is 0 Å². The van der Waals surface area contributed by atoms with Crippen molar-refractivity contribution in [1.82, 2.24) is 30.2 Å². The summed E-state index contributed by atoms with van der Waals surface area (Å²) in [4.78, 5) is 119. The zero-order chi connectivity index (χ0) is 61.6. The summed E-state index contributed by atoms with van der Waals surface area (Å²) < 4.78 is 32.3. The van der Waals surface area contributed by atoms with Crippen molar-refractivity contribution in [3.8, 4) is 23.0 Å². The Morgan fingerprint density at radius 3 is 1.40 bits per heavy atom. The van der Waals surface area contributed by atoms with Gasteiger partial charge in [-0.1, -0.05) is 12.1 Å². The van der Waals surface area contributed by atoms with Crippen LogP contribution in [0.25, 0.3) is 0 Å². The van der Waals surface area contributed by atoms with Crippen LogP contribution in [0.5, 0.6) is 23.0 Å². The summed E-state index contributed by atoms with van der Waals surface area (Å²) >= 11 is 0. The van der Waals surface area contributed by atoms with E-state index >= 15 is 0 Å². The van der Waals surface area contributed by atoms with Gasteiger partial charge < -0.3 is 65.8 Å². The van der Waals surface area contributed by atoms with Gasteiger partial charge in [0.25, 0.3) is 0 Å². The van der Waals surface area contributed by atoms with Crippen molar-refractivity contribution >= 4 is 47.1 Å². The SMILES string of the molecule is CC(C)(C(=O)O[C@@]12CCC(=O)[C@@H]3Oc4c(O)ccc5c4[C@@]31CCN(CC1CC1)[C@@H]2C5)N(CCN)C(=O)CCC(=O)NCCOCCNC(=O)CCC(=O)N(CCN)C(C)(C)C(=O)O[C@@]12CCC(=O)[C@@H]3Oc4c(O)ccc5c4[C@@]31CCN(CC1CC1)[C@@H]2C5. The lowest BCUT2D eigenvalue weighted by Crippen LogP contribution is -2.78. The summed E-state index contributed by atoms with van der Waals surface area (Å²) in [5.41, 5.74) is 8.07. The van der Waals surface area contributed by atoms with Gasteiger partial charge in [-0.3, -0.25) is 38.6 Å². The van der Waals surface area contributed by atoms with Crippen molar-refractivity contribution in [2.24, 2.45) is 23.3 Å². The van der Waals surface area contributed by atoms with E-state index in [4.69, 9.17) is 35.2 Å². The van der Waals surface area contributed by atoms with Gasteiger partial charge in [0.2, 0.25) is 23.6 Å². The number of piperidine rings is 2. The Morgan fingerprint density at radius 1 is 0.621 bits per heavy atom. The quantitative estimate of drug-likeness (QED) is 0.0580. The summed E-state index contributed by atoms with van der Waals surface area (Å²) in [6.07, 6.45) is 4.69. The number of nitrogens with one attached hydrogen (secondary N) is 2. The number of amides is 4. The van der Waals surface area contributed by atoms with Crippen LogP contribution in [0.2, 0.25) is 0 Å². The molecule has 12 rings (SSSR count). The number of aromatic hydroxyl groups is 2. The molecule has 0 radical (unpaired) electrons. The number of benzene rings is 2. The predicted molar refractivity (Wildman–Crippen MR) is 312 cm³/mol. The molecule has 2 aromatic rings. The minimum absolute atomic E-state index is 0.0135. The van der Waals surface area contributed by atoms with E-state index < -0.39 is 80.9 Å². The summed E-state index contributed by atoms with van der Waals surface area (Å²) in [6, 6.07) is 6.47. The highest BCUT2D eigenvalue weighted by Gasteiger charge is 2.78. The van der Waals surface area contributed by atoms with Crippen molar-refractivity contribution in [3.05, 3.63) is 46.5 Å². The molecule has 23 heteroatoms. The number of hydrogen-bond acceptors (Lipinski definition) is 19. The fourth-order valence-electron chi connectivity index (χ4n) is 16.9. The molecule has 2 aromatic carbocycles. The van der Waals surface area contributed by atoms with E-state index in [0.717, 1.165) is 61.0 Å². The van der Waals surface area contributed by atoms with E-state index in [1.54, 1.807) is 39.8 Å². The average Bonchev–Trinajstić information content (AvgIpc) is 1.64. The van der Waals surface area contributed by atoms with Crippen molar-refractivity contribution < 1.29 is 72.3 Å². The molecule has 6 fully saturated rings. The maximum atomic E-state index is 14.9. The van der Waals surface area contributed by atoms with E-state index in [-0.39, 0.29) is 150 Å². The fraction of sp³-hybridized carbons (Fsp3) is 0.688. The third kappa shape index (κ3) is 9.94. The molecule has 4 bridgehead atoms. The van der Waals surface area contributed by atoms with Gasteiger partial charge in [0.05, 0.1) is 36.1 Å². The average molecular weight is 1210 g/mol. The zero-order valence-corrected chi connectivity index (χ0v) is 50.7. The number of phenolic OH excluding ortho intramolecular Hbond substituents is 2. The molecule has 472 valence electrons. The highest BCUT2D eigenvalue weighted by molar-refractivity contribution is 5.94. The molecular weight excluding hydrogens is 1120 g/mol. The molecule has 23 nitrogen and oxygen atoms in total. The first-order chi connectivity index (χ1) is 41.6. The summed E-state index contributed by atoms with van der Waals surface area (Å²) in [6.45, 7) is 10.0. The topological polar surface area (TPSA) is 312 Å². The number of Topliss-reactive ketones (excluding diaryl/α,β-unsaturated/α-hetero) is 2. The molecule has 4 heterocycles. The molecule has 4 saturated carbocycles. The highest BCUT2D eigenvalue weighted by atomic mass is 16.6. The van der Waals surface area contributed by atoms with Gasteiger partial charge in [-0.2, -0.15) is 0 Å². The first-order valence-electron chi connectivity index (χ1n) is 31.7. The normalized spacial score (nSPS) is 29.0. The smallest absolute Gasteiger partial charge is 0.332 e. The largest absolute Gasteiger partial charge is 0.504 e. The number of ether oxygens (including phenoxy) is 5. The standard InChI is InChI=1S/C64H86N8O15/c1-59(2,57(81)86-63-19-17-43(75)55-61(63)21-27-69(35-37-5-6-37)45(63)33-39-9-11-41(73)53(84-55)51(39)61)71(29-23-65)49(79)15-13-47(77)67-25-31-83-32-26-68-48(78)14-16-50(80)72(30-24-66)60(3,4)58(82)87-64-20-18-44(76)56-62(64)22-28-70(36-38-7-8-38)46(64)34-40-10-12-42(74)54(85-56)52(40)62/h9-12,37-38,45-46,55-56,73-74H,5-8,13-36,65-66H2,1-4H3,(H,67,77)(H,68,78)/t45-,46-,55+,56+,61+,62+,63-,64-/m1/s1. The summed E-state index contributed by atoms with van der Waals surface area (Å²) in [5.74, 6) is -1.73. The van der Waals surface area contributed by atoms with Crippen LogP contribution in [0.4, 0.5) is 0 Å². The molecule has 2 spiro atoms. The van der Waals surface area contributed by atoms with E-state index in [0.29, 0.717) is 50.6 Å². The lowest BCUT2D eigenvalue weighted by atomic mass is 9.48. The van der Waals surface area contributed by atoms with E-state index in [9.17, 15) is 48.6 Å². The third-order valence-electron chi connectivity index (χ3n) is 21.5. The monoisotopic (exact) mass is 1210 g/mol. The number of rotatable bonds is 26. The number of ketones is 2. The van der Waals surface area contributed by atoms with Crippen LogP contribution in [0.1, 0.15) is 140 Å². The van der Waals surface area contributed by atoms with Crippen molar-refractivity contribution in [2.75, 3.05) is 78.7 Å². The molecule has 2 saturated heterocycles. The number of esters is 2. The van der Waals surface area contributed by atoms with E-state index in [1.165, 1.54) is 9.80 Å². The Labute approximate surface area is 507 Å². The molecule has 4 aliphatic heterocycles. The number of carbonyl (C=O) groups is 8. The predicted octanol–water partition coefficient (Wildman–Crippen LogP) is 2.11. The van der Waals surface area contributed by atoms with E-state index in [1.807, 2.05) is 12.1 Å². The van der Waals surface area contributed by atoms with Crippen LogP contribution in [-0.2, 0) is 76.2 Å². The summed E-state index contributed by atoms with van der Waals surface area (Å²) in [5, 5.41) is 27.6. The first kappa shape index (κ1) is 60.9. The lowest BCUT2D eigenvalue weighted by Gasteiger charge is -2.64. The van der Waals surface area contributed by atoms with Crippen LogP contribution >= 0.6 is 0 Å². The Bertz CT molecular complexity index is 2940. The summed E-state index contributed by atoms with van der Waals surface area (Å²) in [7, 11) is 0. The number of carbonyl (C=O) groups excluding carboxylic acids is 8. The molecule has 0 aromatic heterocycles. The van der Waals surface area contributed by atoms with Crippen LogP contribution < -0.4 is 31.6 Å².